The number of carboxylic acid groups (broad SMARTS) is 1. The van der Waals surface area contributed by atoms with Crippen molar-refractivity contribution in [2.75, 3.05) is 6.54 Å². The Hall–Kier alpha value is -2.21. The van der Waals surface area contributed by atoms with Gasteiger partial charge in [0.15, 0.2) is 0 Å². The first kappa shape index (κ1) is 14.7. The number of amides is 1. The van der Waals surface area contributed by atoms with Gasteiger partial charge in [0.1, 0.15) is 11.0 Å². The molecule has 3 rings (SSSR count). The van der Waals surface area contributed by atoms with Crippen molar-refractivity contribution in [3.8, 4) is 10.6 Å². The molecule has 2 aromatic rings. The predicted molar refractivity (Wildman–Crippen MR) is 84.0 cm³/mol. The van der Waals surface area contributed by atoms with Gasteiger partial charge in [-0.1, -0.05) is 12.1 Å². The van der Waals surface area contributed by atoms with Crippen molar-refractivity contribution in [1.29, 1.82) is 0 Å². The summed E-state index contributed by atoms with van der Waals surface area (Å²) >= 11 is 1.53. The third-order valence-corrected chi connectivity index (χ3v) is 4.78. The van der Waals surface area contributed by atoms with Gasteiger partial charge in [0.2, 0.25) is 0 Å². The monoisotopic (exact) mass is 316 g/mol. The highest BCUT2D eigenvalue weighted by Gasteiger charge is 2.34. The second-order valence-electron chi connectivity index (χ2n) is 5.37. The number of aliphatic carboxylic acids is 1. The van der Waals surface area contributed by atoms with Crippen LogP contribution in [0.4, 0.5) is 0 Å². The third kappa shape index (κ3) is 2.74. The SMILES string of the molecule is Cc1csc(-c2cccc(C(=O)N3CCCC3C(=O)O)c2)n1. The Morgan fingerprint density at radius 2 is 2.23 bits per heavy atom. The van der Waals surface area contributed by atoms with Crippen molar-refractivity contribution >= 4 is 23.2 Å². The molecule has 1 fully saturated rings. The fourth-order valence-electron chi connectivity index (χ4n) is 2.70. The second kappa shape index (κ2) is 5.88. The molecule has 1 atom stereocenters. The van der Waals surface area contributed by atoms with Crippen LogP contribution in [0.5, 0.6) is 0 Å². The minimum absolute atomic E-state index is 0.222. The Labute approximate surface area is 132 Å². The van der Waals surface area contributed by atoms with Crippen molar-refractivity contribution in [2.45, 2.75) is 25.8 Å². The van der Waals surface area contributed by atoms with Crippen LogP contribution in [0.15, 0.2) is 29.6 Å². The number of aryl methyl sites for hydroxylation is 1. The predicted octanol–water partition coefficient (Wildman–Crippen LogP) is 2.81. The molecular weight excluding hydrogens is 300 g/mol. The van der Waals surface area contributed by atoms with E-state index in [-0.39, 0.29) is 5.91 Å². The van der Waals surface area contributed by atoms with Crippen LogP contribution in [0.1, 0.15) is 28.9 Å². The number of hydrogen-bond donors (Lipinski definition) is 1. The van der Waals surface area contributed by atoms with Crippen LogP contribution in [0.3, 0.4) is 0 Å². The zero-order valence-corrected chi connectivity index (χ0v) is 13.0. The second-order valence-corrected chi connectivity index (χ2v) is 6.23. The number of thiazole rings is 1. The smallest absolute Gasteiger partial charge is 0.326 e. The number of benzene rings is 1. The minimum Gasteiger partial charge on any atom is -0.480 e. The summed E-state index contributed by atoms with van der Waals surface area (Å²) in [4.78, 5) is 29.7. The summed E-state index contributed by atoms with van der Waals surface area (Å²) in [5.41, 5.74) is 2.34. The number of likely N-dealkylation sites (tertiary alicyclic amines) is 1. The molecule has 1 aromatic heterocycles. The van der Waals surface area contributed by atoms with Crippen molar-refractivity contribution in [3.05, 3.63) is 40.9 Å². The van der Waals surface area contributed by atoms with Crippen LogP contribution >= 0.6 is 11.3 Å². The number of carbonyl (C=O) groups is 2. The molecule has 0 aliphatic carbocycles. The Kier molecular flexibility index (Phi) is 3.94. The molecule has 1 N–H and O–H groups in total. The number of carboxylic acids is 1. The quantitative estimate of drug-likeness (QED) is 0.945. The van der Waals surface area contributed by atoms with E-state index in [0.717, 1.165) is 22.7 Å². The van der Waals surface area contributed by atoms with Gasteiger partial charge in [-0.25, -0.2) is 9.78 Å². The summed E-state index contributed by atoms with van der Waals surface area (Å²) < 4.78 is 0. The summed E-state index contributed by atoms with van der Waals surface area (Å²) in [5, 5.41) is 12.0. The van der Waals surface area contributed by atoms with Crippen LogP contribution in [0.25, 0.3) is 10.6 Å². The number of hydrogen-bond acceptors (Lipinski definition) is 4. The average molecular weight is 316 g/mol. The van der Waals surface area contributed by atoms with Gasteiger partial charge in [0.05, 0.1) is 0 Å². The maximum Gasteiger partial charge on any atom is 0.326 e. The molecular formula is C16H16N2O3S. The van der Waals surface area contributed by atoms with Crippen molar-refractivity contribution in [1.82, 2.24) is 9.88 Å². The molecule has 0 bridgehead atoms. The first-order valence-electron chi connectivity index (χ1n) is 7.12. The number of aromatic nitrogens is 1. The zero-order chi connectivity index (χ0) is 15.7. The van der Waals surface area contributed by atoms with Gasteiger partial charge >= 0.3 is 5.97 Å². The molecule has 0 spiro atoms. The van der Waals surface area contributed by atoms with Gasteiger partial charge in [-0.2, -0.15) is 0 Å². The summed E-state index contributed by atoms with van der Waals surface area (Å²) in [6.45, 7) is 2.42. The Bertz CT molecular complexity index is 726. The molecule has 5 nitrogen and oxygen atoms in total. The first-order chi connectivity index (χ1) is 10.6. The van der Waals surface area contributed by atoms with Gasteiger partial charge in [-0.05, 0) is 31.9 Å². The normalized spacial score (nSPS) is 17.7. The highest BCUT2D eigenvalue weighted by molar-refractivity contribution is 7.13. The average Bonchev–Trinajstić information content (AvgIpc) is 3.15. The van der Waals surface area contributed by atoms with E-state index in [2.05, 4.69) is 4.98 Å². The van der Waals surface area contributed by atoms with Gasteiger partial charge < -0.3 is 10.0 Å². The summed E-state index contributed by atoms with van der Waals surface area (Å²) in [5.74, 6) is -1.16. The van der Waals surface area contributed by atoms with Gasteiger partial charge in [-0.15, -0.1) is 11.3 Å². The maximum absolute atomic E-state index is 12.6. The lowest BCUT2D eigenvalue weighted by atomic mass is 10.1. The molecule has 6 heteroatoms. The fourth-order valence-corrected chi connectivity index (χ4v) is 3.50. The molecule has 1 saturated heterocycles. The van der Waals surface area contributed by atoms with Gasteiger partial charge in [0.25, 0.3) is 5.91 Å². The molecule has 1 aliphatic rings. The Morgan fingerprint density at radius 1 is 1.41 bits per heavy atom. The standard InChI is InChI=1S/C16H16N2O3S/c1-10-9-22-14(17-10)11-4-2-5-12(8-11)15(19)18-7-3-6-13(18)16(20)21/h2,4-5,8-9,13H,3,6-7H2,1H3,(H,20,21). The van der Waals surface area contributed by atoms with E-state index in [1.807, 2.05) is 24.4 Å². The van der Waals surface area contributed by atoms with Gasteiger partial charge in [-0.3, -0.25) is 4.79 Å². The van der Waals surface area contributed by atoms with Crippen LogP contribution in [0.2, 0.25) is 0 Å². The Morgan fingerprint density at radius 3 is 2.91 bits per heavy atom. The molecule has 2 heterocycles. The van der Waals surface area contributed by atoms with Crippen molar-refractivity contribution in [2.24, 2.45) is 0 Å². The lowest BCUT2D eigenvalue weighted by molar-refractivity contribution is -0.141. The van der Waals surface area contributed by atoms with Crippen LogP contribution in [-0.2, 0) is 4.79 Å². The molecule has 1 aromatic carbocycles. The molecule has 0 radical (unpaired) electrons. The number of nitrogens with zero attached hydrogens (tertiary/aromatic N) is 2. The highest BCUT2D eigenvalue weighted by Crippen LogP contribution is 2.26. The molecule has 114 valence electrons. The van der Waals surface area contributed by atoms with Crippen LogP contribution in [0, 0.1) is 6.92 Å². The first-order valence-corrected chi connectivity index (χ1v) is 8.00. The third-order valence-electron chi connectivity index (χ3n) is 3.77. The highest BCUT2D eigenvalue weighted by atomic mass is 32.1. The summed E-state index contributed by atoms with van der Waals surface area (Å²) in [6, 6.07) is 6.53. The van der Waals surface area contributed by atoms with E-state index >= 15 is 0 Å². The lowest BCUT2D eigenvalue weighted by Crippen LogP contribution is -2.40. The fraction of sp³-hybridized carbons (Fsp3) is 0.312. The molecule has 1 aliphatic heterocycles. The van der Waals surface area contributed by atoms with E-state index in [9.17, 15) is 14.7 Å². The topological polar surface area (TPSA) is 70.5 Å². The Balaban J connectivity index is 1.89. The van der Waals surface area contributed by atoms with Crippen LogP contribution < -0.4 is 0 Å². The molecule has 1 amide bonds. The molecule has 0 saturated carbocycles. The largest absolute Gasteiger partial charge is 0.480 e. The summed E-state index contributed by atoms with van der Waals surface area (Å²) in [7, 11) is 0. The summed E-state index contributed by atoms with van der Waals surface area (Å²) in [6.07, 6.45) is 1.25. The number of carbonyl (C=O) groups excluding carboxylic acids is 1. The van der Waals surface area contributed by atoms with Gasteiger partial charge in [0, 0.05) is 28.7 Å². The minimum atomic E-state index is -0.933. The van der Waals surface area contributed by atoms with E-state index in [0.29, 0.717) is 18.5 Å². The van der Waals surface area contributed by atoms with Crippen molar-refractivity contribution in [3.63, 3.8) is 0 Å². The van der Waals surface area contributed by atoms with E-state index in [1.54, 1.807) is 12.1 Å². The van der Waals surface area contributed by atoms with E-state index < -0.39 is 12.0 Å². The number of rotatable bonds is 3. The van der Waals surface area contributed by atoms with Crippen molar-refractivity contribution < 1.29 is 14.7 Å². The zero-order valence-electron chi connectivity index (χ0n) is 12.2. The maximum atomic E-state index is 12.6. The molecule has 22 heavy (non-hydrogen) atoms. The molecule has 1 unspecified atom stereocenters. The van der Waals surface area contributed by atoms with Crippen LogP contribution in [-0.4, -0.2) is 39.5 Å². The van der Waals surface area contributed by atoms with E-state index in [1.165, 1.54) is 16.2 Å². The van der Waals surface area contributed by atoms with E-state index in [4.69, 9.17) is 0 Å². The lowest BCUT2D eigenvalue weighted by Gasteiger charge is -2.21.